The molecule has 0 bridgehead atoms. The summed E-state index contributed by atoms with van der Waals surface area (Å²) in [6.45, 7) is 5.46. The third-order valence-corrected chi connectivity index (χ3v) is 2.85. The van der Waals surface area contributed by atoms with E-state index in [2.05, 4.69) is 0 Å². The van der Waals surface area contributed by atoms with Crippen LogP contribution in [0.5, 0.6) is 17.2 Å². The van der Waals surface area contributed by atoms with Crippen LogP contribution in [0.2, 0.25) is 0 Å². The Morgan fingerprint density at radius 1 is 1.21 bits per heavy atom. The first-order valence-electron chi connectivity index (χ1n) is 6.08. The smallest absolute Gasteiger partial charge is 0.200 e. The monoisotopic (exact) mass is 264 g/mol. The number of phenols is 1. The van der Waals surface area contributed by atoms with Gasteiger partial charge in [0.1, 0.15) is 0 Å². The highest BCUT2D eigenvalue weighted by Crippen LogP contribution is 2.37. The average molecular weight is 264 g/mol. The van der Waals surface area contributed by atoms with Crippen LogP contribution < -0.4 is 9.47 Å². The molecule has 0 unspecified atom stereocenters. The summed E-state index contributed by atoms with van der Waals surface area (Å²) in [6, 6.07) is 3.34. The lowest BCUT2D eigenvalue weighted by atomic mass is 9.97. The molecule has 0 saturated heterocycles. The highest BCUT2D eigenvalue weighted by atomic mass is 16.5. The van der Waals surface area contributed by atoms with E-state index in [9.17, 15) is 9.90 Å². The number of hydrogen-bond acceptors (Lipinski definition) is 4. The first-order chi connectivity index (χ1) is 8.90. The average Bonchev–Trinajstić information content (AvgIpc) is 2.36. The van der Waals surface area contributed by atoms with Crippen molar-refractivity contribution in [2.75, 3.05) is 14.2 Å². The molecule has 1 aromatic rings. The third kappa shape index (κ3) is 3.50. The lowest BCUT2D eigenvalue weighted by Crippen LogP contribution is -2.03. The Morgan fingerprint density at radius 2 is 1.68 bits per heavy atom. The highest BCUT2D eigenvalue weighted by molar-refractivity contribution is 5.98. The zero-order valence-electron chi connectivity index (χ0n) is 12.0. The molecule has 1 N–H and O–H groups in total. The van der Waals surface area contributed by atoms with Crippen molar-refractivity contribution in [1.82, 2.24) is 0 Å². The molecule has 0 aromatic heterocycles. The van der Waals surface area contributed by atoms with Crippen molar-refractivity contribution in [2.45, 2.75) is 20.8 Å². The van der Waals surface area contributed by atoms with Crippen LogP contribution in [0.15, 0.2) is 17.7 Å². The fourth-order valence-corrected chi connectivity index (χ4v) is 1.85. The van der Waals surface area contributed by atoms with Gasteiger partial charge in [-0.15, -0.1) is 0 Å². The van der Waals surface area contributed by atoms with Gasteiger partial charge in [0.05, 0.1) is 14.2 Å². The van der Waals surface area contributed by atoms with Crippen molar-refractivity contribution in [2.24, 2.45) is 5.92 Å². The van der Waals surface area contributed by atoms with Gasteiger partial charge < -0.3 is 14.6 Å². The SMILES string of the molecule is COc1cc(/C=C(/C(C)=O)C(C)C)cc(OC)c1O. The lowest BCUT2D eigenvalue weighted by Gasteiger charge is -2.11. The molecule has 0 aliphatic rings. The number of methoxy groups -OCH3 is 2. The summed E-state index contributed by atoms with van der Waals surface area (Å²) in [6.07, 6.45) is 1.79. The molecule has 0 heterocycles. The van der Waals surface area contributed by atoms with Gasteiger partial charge in [0.2, 0.25) is 5.75 Å². The van der Waals surface area contributed by atoms with Crippen LogP contribution >= 0.6 is 0 Å². The summed E-state index contributed by atoms with van der Waals surface area (Å²) in [5.74, 6) is 0.745. The number of aromatic hydroxyl groups is 1. The molecule has 4 heteroatoms. The predicted molar refractivity (Wildman–Crippen MR) is 74.7 cm³/mol. The van der Waals surface area contributed by atoms with E-state index in [1.54, 1.807) is 25.1 Å². The normalized spacial score (nSPS) is 11.6. The van der Waals surface area contributed by atoms with Crippen molar-refractivity contribution in [1.29, 1.82) is 0 Å². The van der Waals surface area contributed by atoms with Crippen LogP contribution in [0.3, 0.4) is 0 Å². The maximum absolute atomic E-state index is 11.6. The van der Waals surface area contributed by atoms with E-state index in [0.717, 1.165) is 11.1 Å². The maximum Gasteiger partial charge on any atom is 0.200 e. The number of benzene rings is 1. The summed E-state index contributed by atoms with van der Waals surface area (Å²) < 4.78 is 10.2. The molecule has 0 spiro atoms. The predicted octanol–water partition coefficient (Wildman–Crippen LogP) is 3.04. The van der Waals surface area contributed by atoms with Gasteiger partial charge in [-0.05, 0) is 42.2 Å². The fourth-order valence-electron chi connectivity index (χ4n) is 1.85. The Bertz CT molecular complexity index is 476. The maximum atomic E-state index is 11.6. The van der Waals surface area contributed by atoms with E-state index in [1.807, 2.05) is 13.8 Å². The Morgan fingerprint density at radius 3 is 2.00 bits per heavy atom. The van der Waals surface area contributed by atoms with E-state index in [1.165, 1.54) is 14.2 Å². The van der Waals surface area contributed by atoms with Crippen LogP contribution in [-0.4, -0.2) is 25.1 Å². The Hall–Kier alpha value is -1.97. The van der Waals surface area contributed by atoms with E-state index >= 15 is 0 Å². The second-order valence-corrected chi connectivity index (χ2v) is 4.58. The number of allylic oxidation sites excluding steroid dienone is 1. The molecular formula is C15H20O4. The van der Waals surface area contributed by atoms with Gasteiger partial charge in [0.25, 0.3) is 0 Å². The number of carbonyl (C=O) groups is 1. The number of Topliss-reactive ketones (excluding diaryl/α,β-unsaturated/α-hetero) is 1. The van der Waals surface area contributed by atoms with Gasteiger partial charge >= 0.3 is 0 Å². The van der Waals surface area contributed by atoms with Gasteiger partial charge in [-0.2, -0.15) is 0 Å². The van der Waals surface area contributed by atoms with E-state index in [0.29, 0.717) is 11.5 Å². The summed E-state index contributed by atoms with van der Waals surface area (Å²) in [7, 11) is 2.94. The van der Waals surface area contributed by atoms with Gasteiger partial charge in [0, 0.05) is 0 Å². The first-order valence-corrected chi connectivity index (χ1v) is 6.08. The minimum Gasteiger partial charge on any atom is -0.502 e. The number of rotatable bonds is 5. The second kappa shape index (κ2) is 6.27. The third-order valence-electron chi connectivity index (χ3n) is 2.85. The largest absolute Gasteiger partial charge is 0.502 e. The van der Waals surface area contributed by atoms with Crippen LogP contribution in [0.1, 0.15) is 26.3 Å². The molecule has 0 saturated carbocycles. The Kier molecular flexibility index (Phi) is 4.98. The summed E-state index contributed by atoms with van der Waals surface area (Å²) in [5.41, 5.74) is 1.47. The Balaban J connectivity index is 3.35. The number of ketones is 1. The molecule has 1 aromatic carbocycles. The van der Waals surface area contributed by atoms with Gasteiger partial charge in [-0.3, -0.25) is 4.79 Å². The molecule has 0 fully saturated rings. The highest BCUT2D eigenvalue weighted by Gasteiger charge is 2.13. The fraction of sp³-hybridized carbons (Fsp3) is 0.400. The molecule has 1 rings (SSSR count). The standard InChI is InChI=1S/C15H20O4/c1-9(2)12(10(3)16)6-11-7-13(18-4)15(17)14(8-11)19-5/h6-9,17H,1-5H3/b12-6+. The van der Waals surface area contributed by atoms with Crippen molar-refractivity contribution in [3.05, 3.63) is 23.3 Å². The number of hydrogen-bond donors (Lipinski definition) is 1. The lowest BCUT2D eigenvalue weighted by molar-refractivity contribution is -0.113. The summed E-state index contributed by atoms with van der Waals surface area (Å²) in [5, 5.41) is 9.83. The van der Waals surface area contributed by atoms with E-state index in [4.69, 9.17) is 9.47 Å². The minimum atomic E-state index is -0.0453. The molecule has 104 valence electrons. The molecule has 4 nitrogen and oxygen atoms in total. The van der Waals surface area contributed by atoms with Crippen molar-refractivity contribution >= 4 is 11.9 Å². The zero-order chi connectivity index (χ0) is 14.6. The minimum absolute atomic E-state index is 0.0287. The summed E-state index contributed by atoms with van der Waals surface area (Å²) >= 11 is 0. The van der Waals surface area contributed by atoms with Crippen LogP contribution in [0.4, 0.5) is 0 Å². The number of phenolic OH excluding ortho intramolecular Hbond substituents is 1. The number of carbonyl (C=O) groups excluding carboxylic acids is 1. The molecule has 19 heavy (non-hydrogen) atoms. The topological polar surface area (TPSA) is 55.8 Å². The first kappa shape index (κ1) is 15.1. The number of ether oxygens (including phenoxy) is 2. The second-order valence-electron chi connectivity index (χ2n) is 4.58. The quantitative estimate of drug-likeness (QED) is 0.830. The van der Waals surface area contributed by atoms with Gasteiger partial charge in [-0.1, -0.05) is 13.8 Å². The van der Waals surface area contributed by atoms with Gasteiger partial charge in [0.15, 0.2) is 17.3 Å². The van der Waals surface area contributed by atoms with Crippen LogP contribution in [0, 0.1) is 5.92 Å². The van der Waals surface area contributed by atoms with E-state index in [-0.39, 0.29) is 17.5 Å². The molecular weight excluding hydrogens is 244 g/mol. The van der Waals surface area contributed by atoms with Gasteiger partial charge in [-0.25, -0.2) is 0 Å². The molecule has 0 aliphatic heterocycles. The van der Waals surface area contributed by atoms with Crippen molar-refractivity contribution in [3.8, 4) is 17.2 Å². The molecule has 0 amide bonds. The van der Waals surface area contributed by atoms with Crippen molar-refractivity contribution < 1.29 is 19.4 Å². The molecule has 0 aliphatic carbocycles. The summed E-state index contributed by atoms with van der Waals surface area (Å²) in [4.78, 5) is 11.6. The zero-order valence-corrected chi connectivity index (χ0v) is 12.0. The van der Waals surface area contributed by atoms with Crippen LogP contribution in [0.25, 0.3) is 6.08 Å². The molecule has 0 radical (unpaired) electrons. The van der Waals surface area contributed by atoms with Crippen LogP contribution in [-0.2, 0) is 4.79 Å². The molecule has 0 atom stereocenters. The Labute approximate surface area is 113 Å². The van der Waals surface area contributed by atoms with E-state index < -0.39 is 0 Å². The van der Waals surface area contributed by atoms with Crippen molar-refractivity contribution in [3.63, 3.8) is 0 Å².